The van der Waals surface area contributed by atoms with Crippen molar-refractivity contribution in [2.45, 2.75) is 0 Å². The number of carbonyl (C=O) groups is 4. The van der Waals surface area contributed by atoms with E-state index in [4.69, 9.17) is 0 Å². The Balaban J connectivity index is 1.52. The van der Waals surface area contributed by atoms with E-state index < -0.39 is 11.6 Å². The van der Waals surface area contributed by atoms with Gasteiger partial charge in [-0.25, -0.2) is 0 Å². The summed E-state index contributed by atoms with van der Waals surface area (Å²) in [5, 5.41) is 0. The molecule has 32 heavy (non-hydrogen) atoms. The van der Waals surface area contributed by atoms with Crippen molar-refractivity contribution in [3.05, 3.63) is 130 Å². The van der Waals surface area contributed by atoms with Crippen LogP contribution in [0.5, 0.6) is 0 Å². The van der Waals surface area contributed by atoms with Crippen molar-refractivity contribution < 1.29 is 19.2 Å². The third kappa shape index (κ3) is 3.19. The van der Waals surface area contributed by atoms with E-state index in [0.717, 1.165) is 0 Å². The molecule has 0 atom stereocenters. The molecule has 4 nitrogen and oxygen atoms in total. The van der Waals surface area contributed by atoms with Crippen LogP contribution in [-0.4, -0.2) is 23.1 Å². The maximum atomic E-state index is 13.0. The summed E-state index contributed by atoms with van der Waals surface area (Å²) < 4.78 is 0. The predicted molar refractivity (Wildman–Crippen MR) is 120 cm³/mol. The average molecular weight is 416 g/mol. The van der Waals surface area contributed by atoms with E-state index in [2.05, 4.69) is 0 Å². The van der Waals surface area contributed by atoms with Gasteiger partial charge in [0, 0.05) is 33.4 Å². The van der Waals surface area contributed by atoms with Crippen LogP contribution in [-0.2, 0) is 0 Å². The van der Waals surface area contributed by atoms with E-state index >= 15 is 0 Å². The lowest BCUT2D eigenvalue weighted by Crippen LogP contribution is -2.20. The van der Waals surface area contributed by atoms with E-state index in [1.54, 1.807) is 97.1 Å². The molecule has 0 N–H and O–H groups in total. The van der Waals surface area contributed by atoms with Gasteiger partial charge in [-0.2, -0.15) is 0 Å². The summed E-state index contributed by atoms with van der Waals surface area (Å²) in [7, 11) is 0. The van der Waals surface area contributed by atoms with Gasteiger partial charge in [-0.05, 0) is 29.3 Å². The van der Waals surface area contributed by atoms with E-state index in [-0.39, 0.29) is 17.1 Å². The SMILES string of the molecule is O=C(C(=O)c1cccc(-c2ccc3c(c2)C(=O)c2ccccc2C3=O)c1)c1ccccc1. The summed E-state index contributed by atoms with van der Waals surface area (Å²) in [6.07, 6.45) is 0. The van der Waals surface area contributed by atoms with Crippen molar-refractivity contribution in [2.75, 3.05) is 0 Å². The Labute approximate surface area is 184 Å². The molecule has 0 fully saturated rings. The minimum atomic E-state index is -0.601. The lowest BCUT2D eigenvalue weighted by Gasteiger charge is -2.18. The number of rotatable bonds is 4. The van der Waals surface area contributed by atoms with Crippen molar-refractivity contribution in [2.24, 2.45) is 0 Å². The number of ketones is 4. The molecule has 0 heterocycles. The molecule has 0 bridgehead atoms. The van der Waals surface area contributed by atoms with Gasteiger partial charge >= 0.3 is 0 Å². The maximum Gasteiger partial charge on any atom is 0.233 e. The normalized spacial score (nSPS) is 12.1. The highest BCUT2D eigenvalue weighted by molar-refractivity contribution is 6.49. The fourth-order valence-corrected chi connectivity index (χ4v) is 3.97. The summed E-state index contributed by atoms with van der Waals surface area (Å²) >= 11 is 0. The molecule has 152 valence electrons. The maximum absolute atomic E-state index is 13.0. The van der Waals surface area contributed by atoms with Crippen molar-refractivity contribution >= 4 is 23.1 Å². The van der Waals surface area contributed by atoms with Crippen LogP contribution in [0, 0.1) is 0 Å². The van der Waals surface area contributed by atoms with Crippen molar-refractivity contribution in [1.29, 1.82) is 0 Å². The zero-order valence-electron chi connectivity index (χ0n) is 16.9. The monoisotopic (exact) mass is 416 g/mol. The van der Waals surface area contributed by atoms with Crippen LogP contribution in [0.3, 0.4) is 0 Å². The first-order chi connectivity index (χ1) is 15.5. The van der Waals surface area contributed by atoms with Gasteiger partial charge in [0.15, 0.2) is 11.6 Å². The number of fused-ring (bicyclic) bond motifs is 2. The third-order valence-electron chi connectivity index (χ3n) is 5.63. The quantitative estimate of drug-likeness (QED) is 0.298. The van der Waals surface area contributed by atoms with Crippen molar-refractivity contribution in [3.63, 3.8) is 0 Å². The number of benzene rings is 4. The molecule has 0 spiro atoms. The zero-order chi connectivity index (χ0) is 22.2. The minimum Gasteiger partial charge on any atom is -0.289 e. The number of Topliss-reactive ketones (excluding diaryl/α,β-unsaturated/α-hetero) is 2. The van der Waals surface area contributed by atoms with E-state index in [1.165, 1.54) is 0 Å². The van der Waals surface area contributed by atoms with Crippen LogP contribution in [0.2, 0.25) is 0 Å². The van der Waals surface area contributed by atoms with Gasteiger partial charge in [0.2, 0.25) is 11.6 Å². The van der Waals surface area contributed by atoms with Gasteiger partial charge in [0.05, 0.1) is 0 Å². The molecule has 0 saturated carbocycles. The molecule has 4 aromatic carbocycles. The molecular formula is C28H16O4. The average Bonchev–Trinajstić information content (AvgIpc) is 2.86. The van der Waals surface area contributed by atoms with Crippen LogP contribution in [0.1, 0.15) is 52.6 Å². The minimum absolute atomic E-state index is 0.181. The molecule has 4 heteroatoms. The molecule has 1 aliphatic rings. The summed E-state index contributed by atoms with van der Waals surface area (Å²) in [5.74, 6) is -1.57. The van der Waals surface area contributed by atoms with Gasteiger partial charge in [0.1, 0.15) is 0 Å². The fourth-order valence-electron chi connectivity index (χ4n) is 3.97. The summed E-state index contributed by atoms with van der Waals surface area (Å²) in [6, 6.07) is 27.0. The topological polar surface area (TPSA) is 68.3 Å². The van der Waals surface area contributed by atoms with Crippen LogP contribution in [0.4, 0.5) is 0 Å². The van der Waals surface area contributed by atoms with Gasteiger partial charge in [0.25, 0.3) is 0 Å². The highest BCUT2D eigenvalue weighted by Crippen LogP contribution is 2.31. The van der Waals surface area contributed by atoms with E-state index in [0.29, 0.717) is 38.9 Å². The molecule has 0 aliphatic heterocycles. The third-order valence-corrected chi connectivity index (χ3v) is 5.63. The number of hydrogen-bond acceptors (Lipinski definition) is 4. The number of hydrogen-bond donors (Lipinski definition) is 0. The Morgan fingerprint density at radius 3 is 1.69 bits per heavy atom. The van der Waals surface area contributed by atoms with Crippen molar-refractivity contribution in [1.82, 2.24) is 0 Å². The molecule has 0 radical (unpaired) electrons. The number of carbonyl (C=O) groups excluding carboxylic acids is 4. The summed E-state index contributed by atoms with van der Waals surface area (Å²) in [5.41, 5.74) is 3.46. The Bertz CT molecular complexity index is 1430. The van der Waals surface area contributed by atoms with Gasteiger partial charge in [-0.1, -0.05) is 78.9 Å². The van der Waals surface area contributed by atoms with E-state index in [1.807, 2.05) is 0 Å². The Morgan fingerprint density at radius 1 is 0.438 bits per heavy atom. The van der Waals surface area contributed by atoms with Crippen LogP contribution >= 0.6 is 0 Å². The smallest absolute Gasteiger partial charge is 0.233 e. The van der Waals surface area contributed by atoms with Gasteiger partial charge in [-0.3, -0.25) is 19.2 Å². The lowest BCUT2D eigenvalue weighted by molar-refractivity contribution is 0.0817. The zero-order valence-corrected chi connectivity index (χ0v) is 16.9. The first-order valence-corrected chi connectivity index (χ1v) is 10.1. The van der Waals surface area contributed by atoms with Crippen LogP contribution < -0.4 is 0 Å². The standard InChI is InChI=1S/C28H16O4/c29-25(17-7-2-1-3-8-17)26(30)20-10-6-9-18(15-20)19-13-14-23-24(16-19)28(32)22-12-5-4-11-21(22)27(23)31/h1-16H. The summed E-state index contributed by atoms with van der Waals surface area (Å²) in [4.78, 5) is 51.1. The molecule has 0 aromatic heterocycles. The van der Waals surface area contributed by atoms with Gasteiger partial charge in [-0.15, -0.1) is 0 Å². The van der Waals surface area contributed by atoms with Gasteiger partial charge < -0.3 is 0 Å². The first-order valence-electron chi connectivity index (χ1n) is 10.1. The molecule has 4 aromatic rings. The highest BCUT2D eigenvalue weighted by atomic mass is 16.2. The predicted octanol–water partition coefficient (Wildman–Crippen LogP) is 5.19. The molecule has 0 unspecified atom stereocenters. The molecule has 1 aliphatic carbocycles. The van der Waals surface area contributed by atoms with Crippen LogP contribution in [0.15, 0.2) is 97.1 Å². The first kappa shape index (κ1) is 19.5. The Hall–Kier alpha value is -4.44. The molecule has 5 rings (SSSR count). The summed E-state index contributed by atoms with van der Waals surface area (Å²) in [6.45, 7) is 0. The van der Waals surface area contributed by atoms with Crippen molar-refractivity contribution in [3.8, 4) is 11.1 Å². The highest BCUT2D eigenvalue weighted by Gasteiger charge is 2.29. The second kappa shape index (κ2) is 7.67. The second-order valence-corrected chi connectivity index (χ2v) is 7.57. The molecular weight excluding hydrogens is 400 g/mol. The Kier molecular flexibility index (Phi) is 4.68. The Morgan fingerprint density at radius 2 is 0.969 bits per heavy atom. The lowest BCUT2D eigenvalue weighted by atomic mass is 9.82. The second-order valence-electron chi connectivity index (χ2n) is 7.57. The largest absolute Gasteiger partial charge is 0.289 e. The fraction of sp³-hybridized carbons (Fsp3) is 0. The molecule has 0 amide bonds. The van der Waals surface area contributed by atoms with Crippen LogP contribution in [0.25, 0.3) is 11.1 Å². The molecule has 0 saturated heterocycles. The van der Waals surface area contributed by atoms with E-state index in [9.17, 15) is 19.2 Å².